The lowest BCUT2D eigenvalue weighted by Crippen LogP contribution is -1.99. The van der Waals surface area contributed by atoms with Crippen molar-refractivity contribution >= 4 is 33.5 Å². The lowest BCUT2D eigenvalue weighted by atomic mass is 10.3. The van der Waals surface area contributed by atoms with E-state index in [1.165, 1.54) is 0 Å². The molecular formula is C12H11BrClN3O. The number of nitrogens with zero attached hydrogens (tertiary/aromatic N) is 2. The number of nitrogens with one attached hydrogen (secondary N) is 1. The highest BCUT2D eigenvalue weighted by Crippen LogP contribution is 2.31. The first-order valence-electron chi connectivity index (χ1n) is 5.25. The second kappa shape index (κ2) is 5.54. The SMILES string of the molecule is CNc1nc(C)cc(Oc2ccc(Cl)cc2Br)n1. The summed E-state index contributed by atoms with van der Waals surface area (Å²) in [4.78, 5) is 8.41. The van der Waals surface area contributed by atoms with Gasteiger partial charge >= 0.3 is 0 Å². The molecule has 1 heterocycles. The predicted octanol–water partition coefficient (Wildman–Crippen LogP) is 4.03. The average Bonchev–Trinajstić information content (AvgIpc) is 2.32. The molecule has 0 aliphatic carbocycles. The van der Waals surface area contributed by atoms with E-state index in [0.29, 0.717) is 22.6 Å². The molecule has 0 amide bonds. The van der Waals surface area contributed by atoms with Gasteiger partial charge in [0.15, 0.2) is 0 Å². The van der Waals surface area contributed by atoms with E-state index in [2.05, 4.69) is 31.2 Å². The van der Waals surface area contributed by atoms with E-state index in [-0.39, 0.29) is 0 Å². The number of aromatic nitrogens is 2. The van der Waals surface area contributed by atoms with Crippen LogP contribution in [0.5, 0.6) is 11.6 Å². The molecule has 0 fully saturated rings. The van der Waals surface area contributed by atoms with Crippen LogP contribution in [-0.4, -0.2) is 17.0 Å². The largest absolute Gasteiger partial charge is 0.438 e. The van der Waals surface area contributed by atoms with Crippen LogP contribution in [0, 0.1) is 6.92 Å². The second-order valence-electron chi connectivity index (χ2n) is 3.60. The number of rotatable bonds is 3. The minimum Gasteiger partial charge on any atom is -0.438 e. The van der Waals surface area contributed by atoms with Crippen molar-refractivity contribution in [3.8, 4) is 11.6 Å². The van der Waals surface area contributed by atoms with Crippen molar-refractivity contribution in [1.29, 1.82) is 0 Å². The van der Waals surface area contributed by atoms with E-state index in [1.807, 2.05) is 6.92 Å². The summed E-state index contributed by atoms with van der Waals surface area (Å²) in [6.45, 7) is 1.88. The maximum Gasteiger partial charge on any atom is 0.225 e. The van der Waals surface area contributed by atoms with E-state index in [4.69, 9.17) is 16.3 Å². The highest BCUT2D eigenvalue weighted by molar-refractivity contribution is 9.10. The summed E-state index contributed by atoms with van der Waals surface area (Å²) in [6, 6.07) is 7.07. The first kappa shape index (κ1) is 13.1. The molecule has 0 spiro atoms. The zero-order chi connectivity index (χ0) is 13.1. The maximum absolute atomic E-state index is 5.87. The van der Waals surface area contributed by atoms with Crippen LogP contribution in [0.3, 0.4) is 0 Å². The van der Waals surface area contributed by atoms with Gasteiger partial charge in [-0.1, -0.05) is 11.6 Å². The summed E-state index contributed by atoms with van der Waals surface area (Å²) < 4.78 is 6.47. The number of halogens is 2. The number of aryl methyl sites for hydroxylation is 1. The van der Waals surface area contributed by atoms with Gasteiger partial charge in [-0.2, -0.15) is 4.98 Å². The quantitative estimate of drug-likeness (QED) is 0.924. The van der Waals surface area contributed by atoms with Crippen LogP contribution in [0.4, 0.5) is 5.95 Å². The molecule has 0 aliphatic rings. The summed E-state index contributed by atoms with van der Waals surface area (Å²) in [5, 5.41) is 3.53. The van der Waals surface area contributed by atoms with Crippen LogP contribution in [0.25, 0.3) is 0 Å². The summed E-state index contributed by atoms with van der Waals surface area (Å²) >= 11 is 9.26. The smallest absolute Gasteiger partial charge is 0.225 e. The van der Waals surface area contributed by atoms with Crippen LogP contribution in [0.1, 0.15) is 5.69 Å². The van der Waals surface area contributed by atoms with Gasteiger partial charge in [-0.25, -0.2) is 4.98 Å². The first-order chi connectivity index (χ1) is 8.58. The van der Waals surface area contributed by atoms with E-state index in [0.717, 1.165) is 10.2 Å². The lowest BCUT2D eigenvalue weighted by molar-refractivity contribution is 0.459. The molecule has 2 rings (SSSR count). The van der Waals surface area contributed by atoms with E-state index in [1.54, 1.807) is 31.3 Å². The Balaban J connectivity index is 2.30. The molecule has 94 valence electrons. The fourth-order valence-corrected chi connectivity index (χ4v) is 2.14. The molecule has 0 aliphatic heterocycles. The molecule has 0 bridgehead atoms. The molecule has 0 saturated heterocycles. The Hall–Kier alpha value is -1.33. The Morgan fingerprint density at radius 2 is 2.06 bits per heavy atom. The third kappa shape index (κ3) is 3.11. The van der Waals surface area contributed by atoms with Crippen molar-refractivity contribution < 1.29 is 4.74 Å². The number of ether oxygens (including phenoxy) is 1. The minimum absolute atomic E-state index is 0.481. The maximum atomic E-state index is 5.87. The molecule has 0 unspecified atom stereocenters. The van der Waals surface area contributed by atoms with Crippen LogP contribution in [0.15, 0.2) is 28.7 Å². The summed E-state index contributed by atoms with van der Waals surface area (Å²) in [5.41, 5.74) is 0.828. The van der Waals surface area contributed by atoms with Gasteiger partial charge in [0.05, 0.1) is 4.47 Å². The fraction of sp³-hybridized carbons (Fsp3) is 0.167. The molecule has 2 aromatic rings. The van der Waals surface area contributed by atoms with Gasteiger partial charge in [0.1, 0.15) is 5.75 Å². The van der Waals surface area contributed by atoms with Gasteiger partial charge in [-0.15, -0.1) is 0 Å². The van der Waals surface area contributed by atoms with Gasteiger partial charge in [0.25, 0.3) is 0 Å². The summed E-state index contributed by atoms with van der Waals surface area (Å²) in [7, 11) is 1.76. The normalized spacial score (nSPS) is 10.2. The molecule has 1 aromatic heterocycles. The van der Waals surface area contributed by atoms with Crippen molar-refractivity contribution in [2.24, 2.45) is 0 Å². The molecule has 1 aromatic carbocycles. The Morgan fingerprint density at radius 3 is 2.72 bits per heavy atom. The Labute approximate surface area is 118 Å². The van der Waals surface area contributed by atoms with E-state index >= 15 is 0 Å². The zero-order valence-electron chi connectivity index (χ0n) is 9.87. The van der Waals surface area contributed by atoms with Crippen molar-refractivity contribution in [2.75, 3.05) is 12.4 Å². The van der Waals surface area contributed by atoms with Crippen molar-refractivity contribution in [3.63, 3.8) is 0 Å². The van der Waals surface area contributed by atoms with Gasteiger partial charge in [0, 0.05) is 23.8 Å². The van der Waals surface area contributed by atoms with Gasteiger partial charge in [-0.3, -0.25) is 0 Å². The molecule has 6 heteroatoms. The van der Waals surface area contributed by atoms with Crippen molar-refractivity contribution in [2.45, 2.75) is 6.92 Å². The highest BCUT2D eigenvalue weighted by Gasteiger charge is 2.06. The van der Waals surface area contributed by atoms with Crippen molar-refractivity contribution in [1.82, 2.24) is 9.97 Å². The van der Waals surface area contributed by atoms with Crippen LogP contribution in [0.2, 0.25) is 5.02 Å². The Kier molecular flexibility index (Phi) is 4.04. The van der Waals surface area contributed by atoms with Gasteiger partial charge in [-0.05, 0) is 41.1 Å². The van der Waals surface area contributed by atoms with E-state index < -0.39 is 0 Å². The monoisotopic (exact) mass is 327 g/mol. The molecule has 0 saturated carbocycles. The standard InChI is InChI=1S/C12H11BrClN3O/c1-7-5-11(17-12(15-2)16-7)18-10-4-3-8(14)6-9(10)13/h3-6H,1-2H3,(H,15,16,17). The number of hydrogen-bond donors (Lipinski definition) is 1. The Bertz CT molecular complexity index is 577. The third-order valence-corrected chi connectivity index (χ3v) is 3.02. The van der Waals surface area contributed by atoms with Crippen LogP contribution < -0.4 is 10.1 Å². The lowest BCUT2D eigenvalue weighted by Gasteiger charge is -2.09. The zero-order valence-corrected chi connectivity index (χ0v) is 12.2. The van der Waals surface area contributed by atoms with E-state index in [9.17, 15) is 0 Å². The van der Waals surface area contributed by atoms with Gasteiger partial charge in [0.2, 0.25) is 11.8 Å². The molecular weight excluding hydrogens is 318 g/mol. The molecule has 4 nitrogen and oxygen atoms in total. The topological polar surface area (TPSA) is 47.0 Å². The third-order valence-electron chi connectivity index (χ3n) is 2.16. The first-order valence-corrected chi connectivity index (χ1v) is 6.42. The van der Waals surface area contributed by atoms with Crippen molar-refractivity contribution in [3.05, 3.63) is 39.5 Å². The number of benzene rings is 1. The Morgan fingerprint density at radius 1 is 1.28 bits per heavy atom. The van der Waals surface area contributed by atoms with Crippen LogP contribution in [-0.2, 0) is 0 Å². The molecule has 0 radical (unpaired) electrons. The summed E-state index contributed by atoms with van der Waals surface area (Å²) in [5.74, 6) is 1.66. The average molecular weight is 329 g/mol. The molecule has 18 heavy (non-hydrogen) atoms. The minimum atomic E-state index is 0.481. The fourth-order valence-electron chi connectivity index (χ4n) is 1.37. The van der Waals surface area contributed by atoms with Crippen LogP contribution >= 0.6 is 27.5 Å². The second-order valence-corrected chi connectivity index (χ2v) is 4.89. The number of anilines is 1. The van der Waals surface area contributed by atoms with Gasteiger partial charge < -0.3 is 10.1 Å². The predicted molar refractivity (Wildman–Crippen MR) is 75.5 cm³/mol. The molecule has 1 N–H and O–H groups in total. The summed E-state index contributed by atoms with van der Waals surface area (Å²) in [6.07, 6.45) is 0. The molecule has 0 atom stereocenters. The number of hydrogen-bond acceptors (Lipinski definition) is 4. The highest BCUT2D eigenvalue weighted by atomic mass is 79.9.